The molecule has 0 nitrogen and oxygen atoms in total. The van der Waals surface area contributed by atoms with Gasteiger partial charge in [-0.25, -0.2) is 8.78 Å². The lowest BCUT2D eigenvalue weighted by Gasteiger charge is -2.28. The van der Waals surface area contributed by atoms with E-state index in [4.69, 9.17) is 0 Å². The van der Waals surface area contributed by atoms with Gasteiger partial charge >= 0.3 is 12.1 Å². The van der Waals surface area contributed by atoms with Crippen LogP contribution in [0.3, 0.4) is 0 Å². The molecule has 0 saturated heterocycles. The Kier molecular flexibility index (Phi) is 6.43. The SMILES string of the molecule is FCCC1CCC(c2ccc(-c3cc(F)c(C(F)(F)C(F)(F)F)c(F)c3)cc2)CC1. The lowest BCUT2D eigenvalue weighted by molar-refractivity contribution is -0.291. The Labute approximate surface area is 168 Å². The van der Waals surface area contributed by atoms with E-state index in [1.165, 1.54) is 0 Å². The number of rotatable bonds is 5. The Bertz CT molecular complexity index is 839. The number of halogens is 8. The molecule has 0 unspecified atom stereocenters. The molecule has 1 aliphatic carbocycles. The van der Waals surface area contributed by atoms with E-state index in [0.29, 0.717) is 30.0 Å². The van der Waals surface area contributed by atoms with E-state index in [0.717, 1.165) is 31.2 Å². The van der Waals surface area contributed by atoms with E-state index in [1.807, 2.05) is 0 Å². The molecule has 1 aliphatic rings. The monoisotopic (exact) mass is 436 g/mol. The molecule has 0 bridgehead atoms. The van der Waals surface area contributed by atoms with Crippen LogP contribution in [0.5, 0.6) is 0 Å². The average molecular weight is 436 g/mol. The fraction of sp³-hybridized carbons (Fsp3) is 0.455. The first-order valence-corrected chi connectivity index (χ1v) is 9.65. The van der Waals surface area contributed by atoms with Crippen LogP contribution in [0.4, 0.5) is 35.1 Å². The first-order chi connectivity index (χ1) is 14.0. The van der Waals surface area contributed by atoms with Crippen molar-refractivity contribution in [3.05, 3.63) is 59.2 Å². The van der Waals surface area contributed by atoms with Crippen LogP contribution >= 0.6 is 0 Å². The maximum atomic E-state index is 14.0. The summed E-state index contributed by atoms with van der Waals surface area (Å²) >= 11 is 0. The lowest BCUT2D eigenvalue weighted by Crippen LogP contribution is -2.35. The zero-order valence-electron chi connectivity index (χ0n) is 15.9. The van der Waals surface area contributed by atoms with Crippen LogP contribution in [0, 0.1) is 17.6 Å². The maximum Gasteiger partial charge on any atom is 0.458 e. The van der Waals surface area contributed by atoms with Crippen molar-refractivity contribution in [2.75, 3.05) is 6.67 Å². The van der Waals surface area contributed by atoms with Crippen molar-refractivity contribution in [3.63, 3.8) is 0 Å². The summed E-state index contributed by atoms with van der Waals surface area (Å²) in [5, 5.41) is 0. The molecule has 0 spiro atoms. The maximum absolute atomic E-state index is 14.0. The highest BCUT2D eigenvalue weighted by molar-refractivity contribution is 5.64. The Morgan fingerprint density at radius 1 is 0.767 bits per heavy atom. The van der Waals surface area contributed by atoms with E-state index in [-0.39, 0.29) is 18.2 Å². The first-order valence-electron chi connectivity index (χ1n) is 9.65. The summed E-state index contributed by atoms with van der Waals surface area (Å²) in [6, 6.07) is 7.58. The van der Waals surface area contributed by atoms with Gasteiger partial charge in [0.15, 0.2) is 0 Å². The van der Waals surface area contributed by atoms with Gasteiger partial charge in [-0.05, 0) is 72.8 Å². The summed E-state index contributed by atoms with van der Waals surface area (Å²) in [4.78, 5) is 0. The Morgan fingerprint density at radius 2 is 1.30 bits per heavy atom. The van der Waals surface area contributed by atoms with Crippen molar-refractivity contribution >= 4 is 0 Å². The van der Waals surface area contributed by atoms with Gasteiger partial charge < -0.3 is 0 Å². The highest BCUT2D eigenvalue weighted by Crippen LogP contribution is 2.46. The topological polar surface area (TPSA) is 0 Å². The van der Waals surface area contributed by atoms with E-state index in [1.54, 1.807) is 24.3 Å². The molecule has 0 heterocycles. The van der Waals surface area contributed by atoms with Crippen LogP contribution in [-0.4, -0.2) is 12.9 Å². The second-order valence-corrected chi connectivity index (χ2v) is 7.70. The van der Waals surface area contributed by atoms with Gasteiger partial charge in [-0.1, -0.05) is 24.3 Å². The van der Waals surface area contributed by atoms with Gasteiger partial charge in [0.1, 0.15) is 17.2 Å². The molecule has 0 N–H and O–H groups in total. The van der Waals surface area contributed by atoms with Crippen LogP contribution in [0.2, 0.25) is 0 Å². The standard InChI is InChI=1S/C22H20F8/c23-10-9-13-1-3-14(4-2-13)15-5-7-16(8-6-15)17-11-18(24)20(19(25)12-17)21(26,27)22(28,29)30/h5-8,11-14H,1-4,9-10H2. The Morgan fingerprint density at radius 3 is 1.77 bits per heavy atom. The van der Waals surface area contributed by atoms with Crippen molar-refractivity contribution in [1.29, 1.82) is 0 Å². The molecule has 164 valence electrons. The zero-order valence-corrected chi connectivity index (χ0v) is 15.9. The van der Waals surface area contributed by atoms with Gasteiger partial charge in [-0.2, -0.15) is 22.0 Å². The van der Waals surface area contributed by atoms with E-state index in [2.05, 4.69) is 0 Å². The van der Waals surface area contributed by atoms with Crippen molar-refractivity contribution in [1.82, 2.24) is 0 Å². The van der Waals surface area contributed by atoms with Crippen LogP contribution in [-0.2, 0) is 5.92 Å². The molecular weight excluding hydrogens is 416 g/mol. The third-order valence-electron chi connectivity index (χ3n) is 5.79. The minimum Gasteiger partial charge on any atom is -0.251 e. The highest BCUT2D eigenvalue weighted by atomic mass is 19.4. The van der Waals surface area contributed by atoms with E-state index in [9.17, 15) is 35.1 Å². The number of hydrogen-bond donors (Lipinski definition) is 0. The first kappa shape index (κ1) is 22.6. The number of hydrogen-bond acceptors (Lipinski definition) is 0. The molecular formula is C22H20F8. The minimum atomic E-state index is -6.11. The molecule has 8 heteroatoms. The third-order valence-corrected chi connectivity index (χ3v) is 5.79. The van der Waals surface area contributed by atoms with Crippen molar-refractivity contribution in [2.45, 2.75) is 50.1 Å². The summed E-state index contributed by atoms with van der Waals surface area (Å²) in [6.45, 7) is -0.329. The summed E-state index contributed by atoms with van der Waals surface area (Å²) in [5.41, 5.74) is -1.14. The normalized spacial score (nSPS) is 20.4. The van der Waals surface area contributed by atoms with Crippen molar-refractivity contribution in [2.24, 2.45) is 5.92 Å². The van der Waals surface area contributed by atoms with Crippen LogP contribution in [0.15, 0.2) is 36.4 Å². The van der Waals surface area contributed by atoms with Crippen LogP contribution in [0.1, 0.15) is 49.1 Å². The largest absolute Gasteiger partial charge is 0.458 e. The van der Waals surface area contributed by atoms with Gasteiger partial charge in [0.05, 0.1) is 6.67 Å². The van der Waals surface area contributed by atoms with Gasteiger partial charge in [0, 0.05) is 0 Å². The third kappa shape index (κ3) is 4.47. The van der Waals surface area contributed by atoms with Crippen LogP contribution < -0.4 is 0 Å². The average Bonchev–Trinajstić information content (AvgIpc) is 2.67. The zero-order chi connectivity index (χ0) is 22.1. The molecule has 0 aromatic heterocycles. The highest BCUT2D eigenvalue weighted by Gasteiger charge is 2.61. The Balaban J connectivity index is 1.81. The molecule has 0 radical (unpaired) electrons. The Hall–Kier alpha value is -2.12. The number of benzene rings is 2. The minimum absolute atomic E-state index is 0.134. The van der Waals surface area contributed by atoms with Gasteiger partial charge in [0.25, 0.3) is 0 Å². The molecule has 2 aromatic rings. The summed E-state index contributed by atoms with van der Waals surface area (Å²) < 4.78 is 105. The summed E-state index contributed by atoms with van der Waals surface area (Å²) in [6.07, 6.45) is -1.92. The lowest BCUT2D eigenvalue weighted by atomic mass is 9.77. The predicted octanol–water partition coefficient (Wildman–Crippen LogP) is 7.92. The molecule has 0 aliphatic heterocycles. The van der Waals surface area contributed by atoms with Crippen LogP contribution in [0.25, 0.3) is 11.1 Å². The fourth-order valence-electron chi connectivity index (χ4n) is 4.07. The molecule has 1 saturated carbocycles. The van der Waals surface area contributed by atoms with Gasteiger partial charge in [0.2, 0.25) is 0 Å². The van der Waals surface area contributed by atoms with Crippen molar-refractivity contribution < 1.29 is 35.1 Å². The molecule has 3 rings (SSSR count). The molecule has 0 amide bonds. The molecule has 1 fully saturated rings. The van der Waals surface area contributed by atoms with E-state index < -0.39 is 29.3 Å². The second kappa shape index (κ2) is 8.55. The molecule has 0 atom stereocenters. The van der Waals surface area contributed by atoms with Gasteiger partial charge in [-0.15, -0.1) is 0 Å². The van der Waals surface area contributed by atoms with E-state index >= 15 is 0 Å². The molecule has 30 heavy (non-hydrogen) atoms. The van der Waals surface area contributed by atoms with Crippen molar-refractivity contribution in [3.8, 4) is 11.1 Å². The molecule has 2 aromatic carbocycles. The smallest absolute Gasteiger partial charge is 0.251 e. The summed E-state index contributed by atoms with van der Waals surface area (Å²) in [5.74, 6) is -8.89. The summed E-state index contributed by atoms with van der Waals surface area (Å²) in [7, 11) is 0. The quantitative estimate of drug-likeness (QED) is 0.418. The fourth-order valence-corrected chi connectivity index (χ4v) is 4.07. The second-order valence-electron chi connectivity index (χ2n) is 7.70. The number of alkyl halides is 6. The predicted molar refractivity (Wildman–Crippen MR) is 97.0 cm³/mol. The van der Waals surface area contributed by atoms with Gasteiger partial charge in [-0.3, -0.25) is 4.39 Å².